The largest absolute Gasteiger partial charge is 0.358 e. The standard InChI is InChI=1S/C12H12ClNO/c1-7-4-3-5-9-11(10(15)6-13)8(2)14-12(7)9/h3-5,14H,6H2,1-2H3. The molecule has 0 saturated carbocycles. The van der Waals surface area contributed by atoms with Gasteiger partial charge in [0.05, 0.1) is 5.88 Å². The van der Waals surface area contributed by atoms with Crippen molar-refractivity contribution in [3.8, 4) is 0 Å². The minimum atomic E-state index is -0.0222. The first-order chi connectivity index (χ1) is 7.15. The van der Waals surface area contributed by atoms with Gasteiger partial charge in [0, 0.05) is 22.2 Å². The maximum absolute atomic E-state index is 11.7. The van der Waals surface area contributed by atoms with E-state index in [-0.39, 0.29) is 11.7 Å². The number of hydrogen-bond donors (Lipinski definition) is 1. The number of rotatable bonds is 2. The molecule has 0 atom stereocenters. The summed E-state index contributed by atoms with van der Waals surface area (Å²) in [6, 6.07) is 5.93. The number of aromatic amines is 1. The molecule has 1 aromatic heterocycles. The van der Waals surface area contributed by atoms with Crippen molar-refractivity contribution >= 4 is 28.3 Å². The lowest BCUT2D eigenvalue weighted by Gasteiger charge is -1.97. The third-order valence-corrected chi connectivity index (χ3v) is 2.87. The second-order valence-corrected chi connectivity index (χ2v) is 3.95. The summed E-state index contributed by atoms with van der Waals surface area (Å²) < 4.78 is 0. The number of carbonyl (C=O) groups excluding carboxylic acids is 1. The number of Topliss-reactive ketones (excluding diaryl/α,β-unsaturated/α-hetero) is 1. The van der Waals surface area contributed by atoms with Crippen molar-refractivity contribution in [1.29, 1.82) is 0 Å². The summed E-state index contributed by atoms with van der Waals surface area (Å²) in [4.78, 5) is 14.9. The summed E-state index contributed by atoms with van der Waals surface area (Å²) >= 11 is 5.59. The van der Waals surface area contributed by atoms with Crippen LogP contribution in [0.25, 0.3) is 10.9 Å². The van der Waals surface area contributed by atoms with E-state index >= 15 is 0 Å². The van der Waals surface area contributed by atoms with Crippen molar-refractivity contribution < 1.29 is 4.79 Å². The predicted octanol–water partition coefficient (Wildman–Crippen LogP) is 3.21. The van der Waals surface area contributed by atoms with Crippen molar-refractivity contribution in [1.82, 2.24) is 4.98 Å². The number of ketones is 1. The summed E-state index contributed by atoms with van der Waals surface area (Å²) in [5.41, 5.74) is 3.79. The van der Waals surface area contributed by atoms with Crippen LogP contribution in [0.3, 0.4) is 0 Å². The van der Waals surface area contributed by atoms with Gasteiger partial charge in [-0.2, -0.15) is 0 Å². The van der Waals surface area contributed by atoms with E-state index in [1.54, 1.807) is 0 Å². The van der Waals surface area contributed by atoms with Crippen LogP contribution in [-0.2, 0) is 0 Å². The van der Waals surface area contributed by atoms with Crippen LogP contribution < -0.4 is 0 Å². The molecule has 0 unspecified atom stereocenters. The number of carbonyl (C=O) groups is 1. The first kappa shape index (κ1) is 10.2. The van der Waals surface area contributed by atoms with Gasteiger partial charge in [-0.3, -0.25) is 4.79 Å². The van der Waals surface area contributed by atoms with E-state index in [0.29, 0.717) is 0 Å². The number of halogens is 1. The molecule has 0 spiro atoms. The van der Waals surface area contributed by atoms with Crippen LogP contribution in [-0.4, -0.2) is 16.6 Å². The van der Waals surface area contributed by atoms with Gasteiger partial charge in [0.2, 0.25) is 0 Å². The van der Waals surface area contributed by atoms with Crippen molar-refractivity contribution in [2.24, 2.45) is 0 Å². The van der Waals surface area contributed by atoms with E-state index < -0.39 is 0 Å². The van der Waals surface area contributed by atoms with Crippen molar-refractivity contribution in [2.75, 3.05) is 5.88 Å². The van der Waals surface area contributed by atoms with Gasteiger partial charge in [-0.25, -0.2) is 0 Å². The average Bonchev–Trinajstić information content (AvgIpc) is 2.55. The maximum Gasteiger partial charge on any atom is 0.179 e. The Morgan fingerprint density at radius 1 is 1.40 bits per heavy atom. The van der Waals surface area contributed by atoms with E-state index in [1.807, 2.05) is 32.0 Å². The second kappa shape index (κ2) is 3.70. The van der Waals surface area contributed by atoms with Crippen LogP contribution in [0.1, 0.15) is 21.6 Å². The van der Waals surface area contributed by atoms with Gasteiger partial charge in [-0.05, 0) is 19.4 Å². The van der Waals surface area contributed by atoms with Gasteiger partial charge >= 0.3 is 0 Å². The Bertz CT molecular complexity index is 528. The van der Waals surface area contributed by atoms with Gasteiger partial charge in [0.15, 0.2) is 5.78 Å². The van der Waals surface area contributed by atoms with Crippen molar-refractivity contribution in [3.05, 3.63) is 35.0 Å². The van der Waals surface area contributed by atoms with Gasteiger partial charge < -0.3 is 4.98 Å². The first-order valence-corrected chi connectivity index (χ1v) is 5.35. The van der Waals surface area contributed by atoms with E-state index in [1.165, 1.54) is 0 Å². The molecule has 0 bridgehead atoms. The number of aryl methyl sites for hydroxylation is 2. The van der Waals surface area contributed by atoms with Crippen LogP contribution >= 0.6 is 11.6 Å². The van der Waals surface area contributed by atoms with Crippen LogP contribution in [0.4, 0.5) is 0 Å². The van der Waals surface area contributed by atoms with E-state index in [4.69, 9.17) is 11.6 Å². The lowest BCUT2D eigenvalue weighted by atomic mass is 10.1. The van der Waals surface area contributed by atoms with E-state index in [0.717, 1.165) is 27.7 Å². The highest BCUT2D eigenvalue weighted by Gasteiger charge is 2.15. The lowest BCUT2D eigenvalue weighted by Crippen LogP contribution is -2.01. The summed E-state index contributed by atoms with van der Waals surface area (Å²) in [6.07, 6.45) is 0. The predicted molar refractivity (Wildman–Crippen MR) is 62.8 cm³/mol. The number of aromatic nitrogens is 1. The highest BCUT2D eigenvalue weighted by molar-refractivity contribution is 6.32. The lowest BCUT2D eigenvalue weighted by molar-refractivity contribution is 0.102. The molecule has 2 nitrogen and oxygen atoms in total. The summed E-state index contributed by atoms with van der Waals surface area (Å²) in [5, 5.41) is 0.971. The second-order valence-electron chi connectivity index (χ2n) is 3.68. The summed E-state index contributed by atoms with van der Waals surface area (Å²) in [5.74, 6) is 0.00729. The zero-order valence-corrected chi connectivity index (χ0v) is 9.48. The minimum Gasteiger partial charge on any atom is -0.358 e. The molecule has 15 heavy (non-hydrogen) atoms. The number of fused-ring (bicyclic) bond motifs is 1. The number of nitrogens with one attached hydrogen (secondary N) is 1. The average molecular weight is 222 g/mol. The zero-order valence-electron chi connectivity index (χ0n) is 8.73. The molecule has 78 valence electrons. The fraction of sp³-hybridized carbons (Fsp3) is 0.250. The molecule has 0 saturated heterocycles. The minimum absolute atomic E-state index is 0.0222. The molecule has 2 rings (SSSR count). The fourth-order valence-electron chi connectivity index (χ4n) is 1.92. The Hall–Kier alpha value is -1.28. The van der Waals surface area contributed by atoms with Crippen molar-refractivity contribution in [3.63, 3.8) is 0 Å². The topological polar surface area (TPSA) is 32.9 Å². The Balaban J connectivity index is 2.79. The smallest absolute Gasteiger partial charge is 0.179 e. The Morgan fingerprint density at radius 2 is 2.13 bits per heavy atom. The molecule has 3 heteroatoms. The van der Waals surface area contributed by atoms with Crippen LogP contribution in [0, 0.1) is 13.8 Å². The monoisotopic (exact) mass is 221 g/mol. The van der Waals surface area contributed by atoms with Crippen LogP contribution in [0.15, 0.2) is 18.2 Å². The molecule has 1 heterocycles. The molecule has 0 aliphatic rings. The molecule has 2 aromatic rings. The Labute approximate surface area is 93.2 Å². The van der Waals surface area contributed by atoms with Gasteiger partial charge in [0.25, 0.3) is 0 Å². The van der Waals surface area contributed by atoms with Crippen LogP contribution in [0.5, 0.6) is 0 Å². The number of hydrogen-bond acceptors (Lipinski definition) is 1. The van der Waals surface area contributed by atoms with Gasteiger partial charge in [-0.15, -0.1) is 11.6 Å². The molecule has 1 N–H and O–H groups in total. The molecule has 0 radical (unpaired) electrons. The molecular formula is C12H12ClNO. The molecular weight excluding hydrogens is 210 g/mol. The number of alkyl halides is 1. The van der Waals surface area contributed by atoms with E-state index in [2.05, 4.69) is 4.98 Å². The molecule has 0 fully saturated rings. The zero-order chi connectivity index (χ0) is 11.0. The normalized spacial score (nSPS) is 10.9. The molecule has 0 aliphatic heterocycles. The van der Waals surface area contributed by atoms with Crippen molar-refractivity contribution in [2.45, 2.75) is 13.8 Å². The number of para-hydroxylation sites is 1. The highest BCUT2D eigenvalue weighted by Crippen LogP contribution is 2.25. The molecule has 0 aliphatic carbocycles. The fourth-order valence-corrected chi connectivity index (χ4v) is 2.05. The third-order valence-electron chi connectivity index (χ3n) is 2.63. The maximum atomic E-state index is 11.7. The third kappa shape index (κ3) is 1.55. The van der Waals surface area contributed by atoms with Gasteiger partial charge in [0.1, 0.15) is 0 Å². The Kier molecular flexibility index (Phi) is 2.53. The molecule has 1 aromatic carbocycles. The highest BCUT2D eigenvalue weighted by atomic mass is 35.5. The van der Waals surface area contributed by atoms with Crippen LogP contribution in [0.2, 0.25) is 0 Å². The number of benzene rings is 1. The van der Waals surface area contributed by atoms with Gasteiger partial charge in [-0.1, -0.05) is 18.2 Å². The van der Waals surface area contributed by atoms with E-state index in [9.17, 15) is 4.79 Å². The number of H-pyrrole nitrogens is 1. The quantitative estimate of drug-likeness (QED) is 0.613. The Morgan fingerprint density at radius 3 is 2.80 bits per heavy atom. The first-order valence-electron chi connectivity index (χ1n) is 4.82. The summed E-state index contributed by atoms with van der Waals surface area (Å²) in [6.45, 7) is 3.92. The summed E-state index contributed by atoms with van der Waals surface area (Å²) in [7, 11) is 0. The SMILES string of the molecule is Cc1[nH]c2c(C)cccc2c1C(=O)CCl. The molecule has 0 amide bonds.